The highest BCUT2D eigenvalue weighted by atomic mass is 35.5. The molecule has 0 aliphatic carbocycles. The van der Waals surface area contributed by atoms with E-state index in [9.17, 15) is 13.2 Å². The minimum atomic E-state index is -4.60. The maximum atomic E-state index is 13.0. The third-order valence-corrected chi connectivity index (χ3v) is 3.99. The van der Waals surface area contributed by atoms with Crippen LogP contribution in [0.2, 0.25) is 15.1 Å². The predicted octanol–water partition coefficient (Wildman–Crippen LogP) is 5.74. The summed E-state index contributed by atoms with van der Waals surface area (Å²) in [5.74, 6) is -0.512. The van der Waals surface area contributed by atoms with Gasteiger partial charge < -0.3 is 4.74 Å². The standard InChI is InChI=1S/C13H7Cl3F3NO/c1-21-12-8(13(17,18)19)4-6(5-20-12)7-2-3-9(14)11(16)10(7)15/h2-5H,1H3. The Morgan fingerprint density at radius 1 is 1.10 bits per heavy atom. The molecule has 2 nitrogen and oxygen atoms in total. The zero-order valence-electron chi connectivity index (χ0n) is 10.4. The Hall–Kier alpha value is -1.17. The molecule has 0 aliphatic heterocycles. The summed E-state index contributed by atoms with van der Waals surface area (Å²) in [6.45, 7) is 0. The average molecular weight is 357 g/mol. The van der Waals surface area contributed by atoms with Crippen molar-refractivity contribution in [3.05, 3.63) is 45.0 Å². The second kappa shape index (κ2) is 5.91. The van der Waals surface area contributed by atoms with Gasteiger partial charge in [0.15, 0.2) is 0 Å². The monoisotopic (exact) mass is 355 g/mol. The van der Waals surface area contributed by atoms with Crippen molar-refractivity contribution >= 4 is 34.8 Å². The first-order valence-electron chi connectivity index (χ1n) is 5.50. The van der Waals surface area contributed by atoms with Gasteiger partial charge in [-0.25, -0.2) is 4.98 Å². The molecule has 0 unspecified atom stereocenters. The van der Waals surface area contributed by atoms with Gasteiger partial charge in [-0.3, -0.25) is 0 Å². The van der Waals surface area contributed by atoms with Crippen molar-refractivity contribution in [2.45, 2.75) is 6.18 Å². The van der Waals surface area contributed by atoms with E-state index in [1.54, 1.807) is 0 Å². The van der Waals surface area contributed by atoms with Crippen molar-refractivity contribution in [2.75, 3.05) is 7.11 Å². The zero-order valence-corrected chi connectivity index (χ0v) is 12.7. The van der Waals surface area contributed by atoms with E-state index in [1.165, 1.54) is 18.3 Å². The Morgan fingerprint density at radius 3 is 2.33 bits per heavy atom. The van der Waals surface area contributed by atoms with Gasteiger partial charge >= 0.3 is 6.18 Å². The van der Waals surface area contributed by atoms with Crippen LogP contribution in [0.1, 0.15) is 5.56 Å². The summed E-state index contributed by atoms with van der Waals surface area (Å²) >= 11 is 17.7. The lowest BCUT2D eigenvalue weighted by molar-refractivity contribution is -0.139. The highest BCUT2D eigenvalue weighted by Crippen LogP contribution is 2.41. The van der Waals surface area contributed by atoms with Crippen molar-refractivity contribution in [3.8, 4) is 17.0 Å². The Kier molecular flexibility index (Phi) is 4.56. The smallest absolute Gasteiger partial charge is 0.421 e. The van der Waals surface area contributed by atoms with Crippen molar-refractivity contribution < 1.29 is 17.9 Å². The van der Waals surface area contributed by atoms with Gasteiger partial charge in [0, 0.05) is 17.3 Å². The van der Waals surface area contributed by atoms with Gasteiger partial charge in [-0.05, 0) is 12.1 Å². The molecule has 0 spiro atoms. The Labute approximate surface area is 133 Å². The number of halogens is 6. The van der Waals surface area contributed by atoms with Crippen molar-refractivity contribution in [1.82, 2.24) is 4.98 Å². The fourth-order valence-electron chi connectivity index (χ4n) is 1.71. The molecule has 0 saturated heterocycles. The summed E-state index contributed by atoms with van der Waals surface area (Å²) in [5.41, 5.74) is -0.539. The van der Waals surface area contributed by atoms with Gasteiger partial charge in [-0.15, -0.1) is 0 Å². The molecule has 1 aromatic carbocycles. The zero-order chi connectivity index (χ0) is 15.8. The van der Waals surface area contributed by atoms with Crippen LogP contribution >= 0.6 is 34.8 Å². The molecule has 0 radical (unpaired) electrons. The fourth-order valence-corrected chi connectivity index (χ4v) is 2.36. The third-order valence-electron chi connectivity index (χ3n) is 2.70. The number of pyridine rings is 1. The number of benzene rings is 1. The molecule has 0 saturated carbocycles. The quantitative estimate of drug-likeness (QED) is 0.640. The molecule has 112 valence electrons. The maximum absolute atomic E-state index is 13.0. The molecule has 0 atom stereocenters. The largest absolute Gasteiger partial charge is 0.481 e. The highest BCUT2D eigenvalue weighted by Gasteiger charge is 2.35. The van der Waals surface area contributed by atoms with Crippen LogP contribution in [0.3, 0.4) is 0 Å². The number of hydrogen-bond donors (Lipinski definition) is 0. The first-order chi connectivity index (χ1) is 9.75. The molecule has 0 fully saturated rings. The second-order valence-corrected chi connectivity index (χ2v) is 5.16. The van der Waals surface area contributed by atoms with Crippen molar-refractivity contribution in [1.29, 1.82) is 0 Å². The summed E-state index contributed by atoms with van der Waals surface area (Å²) in [5, 5.41) is 0.340. The molecule has 0 amide bonds. The Bertz CT molecular complexity index is 689. The topological polar surface area (TPSA) is 22.1 Å². The number of nitrogens with zero attached hydrogens (tertiary/aromatic N) is 1. The second-order valence-electron chi connectivity index (χ2n) is 4.00. The van der Waals surface area contributed by atoms with Crippen LogP contribution < -0.4 is 4.74 Å². The van der Waals surface area contributed by atoms with E-state index >= 15 is 0 Å². The van der Waals surface area contributed by atoms with E-state index in [0.29, 0.717) is 5.56 Å². The number of rotatable bonds is 2. The molecule has 2 rings (SSSR count). The predicted molar refractivity (Wildman–Crippen MR) is 76.3 cm³/mol. The molecule has 1 heterocycles. The molecule has 21 heavy (non-hydrogen) atoms. The fraction of sp³-hybridized carbons (Fsp3) is 0.154. The molecule has 0 bridgehead atoms. The van der Waals surface area contributed by atoms with Crippen LogP contribution in [-0.2, 0) is 6.18 Å². The lowest BCUT2D eigenvalue weighted by atomic mass is 10.1. The minimum Gasteiger partial charge on any atom is -0.481 e. The van der Waals surface area contributed by atoms with E-state index < -0.39 is 17.6 Å². The van der Waals surface area contributed by atoms with Gasteiger partial charge in [0.1, 0.15) is 5.56 Å². The number of alkyl halides is 3. The lowest BCUT2D eigenvalue weighted by Crippen LogP contribution is -2.09. The summed E-state index contributed by atoms with van der Waals surface area (Å²) in [6.07, 6.45) is -3.38. The van der Waals surface area contributed by atoms with E-state index in [2.05, 4.69) is 9.72 Å². The highest BCUT2D eigenvalue weighted by molar-refractivity contribution is 6.49. The van der Waals surface area contributed by atoms with Gasteiger partial charge in [0.05, 0.1) is 22.2 Å². The van der Waals surface area contributed by atoms with Crippen molar-refractivity contribution in [2.24, 2.45) is 0 Å². The first kappa shape index (κ1) is 16.2. The number of hydrogen-bond acceptors (Lipinski definition) is 2. The number of methoxy groups -OCH3 is 1. The van der Waals surface area contributed by atoms with E-state index in [4.69, 9.17) is 34.8 Å². The molecule has 1 aromatic heterocycles. The molecule has 0 aliphatic rings. The molecule has 8 heteroatoms. The van der Waals surface area contributed by atoms with Crippen LogP contribution in [0.5, 0.6) is 5.88 Å². The normalized spacial score (nSPS) is 11.6. The summed E-state index contributed by atoms with van der Waals surface area (Å²) < 4.78 is 43.5. The summed E-state index contributed by atoms with van der Waals surface area (Å²) in [4.78, 5) is 3.66. The molecule has 0 N–H and O–H groups in total. The molecular formula is C13H7Cl3F3NO. The van der Waals surface area contributed by atoms with E-state index in [-0.39, 0.29) is 20.6 Å². The maximum Gasteiger partial charge on any atom is 0.421 e. The van der Waals surface area contributed by atoms with Crippen LogP contribution in [0.4, 0.5) is 13.2 Å². The Balaban J connectivity index is 2.64. The minimum absolute atomic E-state index is 0.0595. The summed E-state index contributed by atoms with van der Waals surface area (Å²) in [7, 11) is 1.11. The van der Waals surface area contributed by atoms with Crippen LogP contribution in [-0.4, -0.2) is 12.1 Å². The van der Waals surface area contributed by atoms with Gasteiger partial charge in [-0.2, -0.15) is 13.2 Å². The Morgan fingerprint density at radius 2 is 1.76 bits per heavy atom. The SMILES string of the molecule is COc1ncc(-c2ccc(Cl)c(Cl)c2Cl)cc1C(F)(F)F. The van der Waals surface area contributed by atoms with Gasteiger partial charge in [0.25, 0.3) is 0 Å². The third kappa shape index (κ3) is 3.20. The number of ether oxygens (including phenoxy) is 1. The lowest BCUT2D eigenvalue weighted by Gasteiger charge is -2.13. The number of aromatic nitrogens is 1. The van der Waals surface area contributed by atoms with Crippen LogP contribution in [0.25, 0.3) is 11.1 Å². The van der Waals surface area contributed by atoms with Crippen LogP contribution in [0, 0.1) is 0 Å². The first-order valence-corrected chi connectivity index (χ1v) is 6.64. The molecule has 2 aromatic rings. The van der Waals surface area contributed by atoms with Gasteiger partial charge in [0.2, 0.25) is 5.88 Å². The van der Waals surface area contributed by atoms with E-state index in [1.807, 2.05) is 0 Å². The van der Waals surface area contributed by atoms with Crippen molar-refractivity contribution in [3.63, 3.8) is 0 Å². The van der Waals surface area contributed by atoms with Gasteiger partial charge in [-0.1, -0.05) is 40.9 Å². The van der Waals surface area contributed by atoms with Crippen LogP contribution in [0.15, 0.2) is 24.4 Å². The summed E-state index contributed by atoms with van der Waals surface area (Å²) in [6, 6.07) is 3.82. The van der Waals surface area contributed by atoms with E-state index in [0.717, 1.165) is 13.2 Å². The molecular weight excluding hydrogens is 350 g/mol. The average Bonchev–Trinajstić information content (AvgIpc) is 2.43.